The Morgan fingerprint density at radius 2 is 1.52 bits per heavy atom. The molecular weight excluding hydrogens is 435 g/mol. The Bertz CT molecular complexity index is 885. The van der Waals surface area contributed by atoms with Crippen LogP contribution in [-0.4, -0.2) is 31.1 Å². The van der Waals surface area contributed by atoms with E-state index in [0.29, 0.717) is 6.61 Å². The van der Waals surface area contributed by atoms with Gasteiger partial charge >= 0.3 is 0 Å². The van der Waals surface area contributed by atoms with Crippen LogP contribution in [0.4, 0.5) is 11.4 Å². The van der Waals surface area contributed by atoms with Gasteiger partial charge in [0, 0.05) is 18.4 Å². The number of halogens is 2. The van der Waals surface area contributed by atoms with Crippen LogP contribution in [0.3, 0.4) is 0 Å². The fraction of sp³-hybridized carbons (Fsp3) is 0.375. The predicted octanol–water partition coefficient (Wildman–Crippen LogP) is 7.11. The molecule has 2 rings (SSSR count). The van der Waals surface area contributed by atoms with Gasteiger partial charge < -0.3 is 19.2 Å². The summed E-state index contributed by atoms with van der Waals surface area (Å²) in [6.07, 6.45) is 1.40. The number of anilines is 2. The summed E-state index contributed by atoms with van der Waals surface area (Å²) in [4.78, 5) is 7.55. The minimum Gasteiger partial charge on any atom is -0.489 e. The second kappa shape index (κ2) is 11.3. The molecule has 1 atom stereocenters. The van der Waals surface area contributed by atoms with Gasteiger partial charge in [0.2, 0.25) is 0 Å². The highest BCUT2D eigenvalue weighted by molar-refractivity contribution is 6.55. The molecule has 2 aromatic rings. The summed E-state index contributed by atoms with van der Waals surface area (Å²) < 4.78 is 11.7. The van der Waals surface area contributed by atoms with Gasteiger partial charge in [0.05, 0.1) is 5.71 Å². The number of hydrogen-bond acceptors (Lipinski definition) is 5. The number of ether oxygens (including phenoxy) is 2. The van der Waals surface area contributed by atoms with Crippen molar-refractivity contribution in [3.05, 3.63) is 59.1 Å². The predicted molar refractivity (Wildman–Crippen MR) is 130 cm³/mol. The Balaban J connectivity index is 1.97. The van der Waals surface area contributed by atoms with Crippen LogP contribution >= 0.6 is 23.2 Å². The third-order valence-corrected chi connectivity index (χ3v) is 4.61. The molecule has 1 unspecified atom stereocenters. The maximum absolute atomic E-state index is 5.98. The van der Waals surface area contributed by atoms with E-state index in [1.807, 2.05) is 90.2 Å². The van der Waals surface area contributed by atoms with Crippen LogP contribution in [-0.2, 0) is 4.84 Å². The van der Waals surface area contributed by atoms with Crippen LogP contribution < -0.4 is 14.4 Å². The molecule has 0 radical (unpaired) electrons. The van der Waals surface area contributed by atoms with E-state index in [9.17, 15) is 0 Å². The van der Waals surface area contributed by atoms with Gasteiger partial charge in [0.1, 0.15) is 34.3 Å². The molecule has 0 saturated heterocycles. The van der Waals surface area contributed by atoms with E-state index in [2.05, 4.69) is 10.1 Å². The zero-order valence-corrected chi connectivity index (χ0v) is 20.4. The van der Waals surface area contributed by atoms with E-state index in [1.165, 1.54) is 0 Å². The maximum atomic E-state index is 5.98. The molecule has 5 nitrogen and oxygen atoms in total. The van der Waals surface area contributed by atoms with Gasteiger partial charge in [-0.2, -0.15) is 0 Å². The number of hydrogen-bond donors (Lipinski definition) is 0. The molecule has 31 heavy (non-hydrogen) atoms. The van der Waals surface area contributed by atoms with E-state index < -0.39 is 0 Å². The first-order valence-corrected chi connectivity index (χ1v) is 10.8. The lowest BCUT2D eigenvalue weighted by molar-refractivity contribution is -0.000604. The van der Waals surface area contributed by atoms with Crippen molar-refractivity contribution in [3.8, 4) is 11.5 Å². The van der Waals surface area contributed by atoms with Crippen LogP contribution in [0.15, 0.2) is 64.3 Å². The van der Waals surface area contributed by atoms with Crippen LogP contribution in [0.1, 0.15) is 34.6 Å². The number of oxime groups is 1. The first-order valence-electron chi connectivity index (χ1n) is 10.0. The van der Waals surface area contributed by atoms with Crippen molar-refractivity contribution in [1.29, 1.82) is 0 Å². The summed E-state index contributed by atoms with van der Waals surface area (Å²) in [5, 5.41) is 4.17. The Morgan fingerprint density at radius 3 is 2.00 bits per heavy atom. The van der Waals surface area contributed by atoms with Gasteiger partial charge in [0.15, 0.2) is 0 Å². The van der Waals surface area contributed by atoms with Crippen LogP contribution in [0.2, 0.25) is 0 Å². The van der Waals surface area contributed by atoms with Gasteiger partial charge in [-0.25, -0.2) is 0 Å². The first-order chi connectivity index (χ1) is 14.5. The topological polar surface area (TPSA) is 43.3 Å². The molecule has 0 aliphatic rings. The molecule has 0 N–H and O–H groups in total. The average Bonchev–Trinajstić information content (AvgIpc) is 2.71. The Morgan fingerprint density at radius 1 is 1.00 bits per heavy atom. The lowest BCUT2D eigenvalue weighted by atomic mass is 10.2. The minimum atomic E-state index is -0.327. The Kier molecular flexibility index (Phi) is 9.08. The average molecular weight is 465 g/mol. The van der Waals surface area contributed by atoms with Gasteiger partial charge in [-0.3, -0.25) is 0 Å². The molecule has 0 spiro atoms. The summed E-state index contributed by atoms with van der Waals surface area (Å²) in [6.45, 7) is 10.0. The normalized spacial score (nSPS) is 12.7. The molecule has 0 fully saturated rings. The van der Waals surface area contributed by atoms with Crippen molar-refractivity contribution in [2.45, 2.75) is 46.3 Å². The Hall–Kier alpha value is -2.37. The van der Waals surface area contributed by atoms with E-state index in [1.54, 1.807) is 6.08 Å². The molecule has 0 aromatic heterocycles. The van der Waals surface area contributed by atoms with Crippen LogP contribution in [0, 0.1) is 0 Å². The molecule has 0 saturated carbocycles. The van der Waals surface area contributed by atoms with E-state index in [4.69, 9.17) is 37.5 Å². The quantitative estimate of drug-likeness (QED) is 0.292. The summed E-state index contributed by atoms with van der Waals surface area (Å²) in [5.74, 6) is 1.51. The summed E-state index contributed by atoms with van der Waals surface area (Å²) in [5.41, 5.74) is 2.52. The molecule has 0 heterocycles. The summed E-state index contributed by atoms with van der Waals surface area (Å²) in [6, 6.07) is 15.7. The third-order valence-electron chi connectivity index (χ3n) is 4.30. The number of nitrogens with zero attached hydrogens (tertiary/aromatic N) is 2. The zero-order chi connectivity index (χ0) is 23.0. The highest BCUT2D eigenvalue weighted by atomic mass is 35.5. The van der Waals surface area contributed by atoms with Gasteiger partial charge in [0.25, 0.3) is 0 Å². The zero-order valence-electron chi connectivity index (χ0n) is 18.9. The molecule has 0 bridgehead atoms. The lowest BCUT2D eigenvalue weighted by Gasteiger charge is -2.21. The highest BCUT2D eigenvalue weighted by Gasteiger charge is 2.14. The van der Waals surface area contributed by atoms with E-state index in [-0.39, 0.29) is 16.2 Å². The first kappa shape index (κ1) is 24.9. The van der Waals surface area contributed by atoms with Gasteiger partial charge in [-0.05, 0) is 89.2 Å². The second-order valence-corrected chi connectivity index (χ2v) is 9.06. The van der Waals surface area contributed by atoms with Crippen molar-refractivity contribution >= 4 is 40.3 Å². The highest BCUT2D eigenvalue weighted by Crippen LogP contribution is 2.27. The van der Waals surface area contributed by atoms with Gasteiger partial charge in [-0.15, -0.1) is 0 Å². The lowest BCUT2D eigenvalue weighted by Crippen LogP contribution is -2.24. The maximum Gasteiger partial charge on any atom is 0.137 e. The fourth-order valence-electron chi connectivity index (χ4n) is 2.44. The van der Waals surface area contributed by atoms with Gasteiger partial charge in [-0.1, -0.05) is 28.4 Å². The molecular formula is C24H30Cl2N2O3. The van der Waals surface area contributed by atoms with Crippen molar-refractivity contribution in [2.24, 2.45) is 5.16 Å². The molecule has 168 valence electrons. The minimum absolute atomic E-state index is 0.193. The monoisotopic (exact) mass is 464 g/mol. The van der Waals surface area contributed by atoms with E-state index in [0.717, 1.165) is 28.6 Å². The fourth-order valence-corrected chi connectivity index (χ4v) is 2.56. The Labute approximate surface area is 195 Å². The molecule has 0 amide bonds. The molecule has 0 aliphatic heterocycles. The summed E-state index contributed by atoms with van der Waals surface area (Å²) >= 11 is 11.2. The van der Waals surface area contributed by atoms with Crippen molar-refractivity contribution in [1.82, 2.24) is 0 Å². The summed E-state index contributed by atoms with van der Waals surface area (Å²) in [7, 11) is 2.00. The smallest absolute Gasteiger partial charge is 0.137 e. The standard InChI is InChI=1S/C24H30Cl2N2O3/c1-17(27-31-24(3,4)5)18(2)30-22-13-9-20(10-14-22)28(6)19-7-11-21(12-8-19)29-16-15-23(25)26/h7-15,18H,16H2,1-6H3. The second-order valence-electron chi connectivity index (χ2n) is 8.05. The largest absolute Gasteiger partial charge is 0.489 e. The molecule has 0 aliphatic carbocycles. The van der Waals surface area contributed by atoms with Crippen molar-refractivity contribution < 1.29 is 14.3 Å². The third kappa shape index (κ3) is 8.72. The number of rotatable bonds is 9. The van der Waals surface area contributed by atoms with Crippen molar-refractivity contribution in [3.63, 3.8) is 0 Å². The van der Waals surface area contributed by atoms with Crippen LogP contribution in [0.5, 0.6) is 11.5 Å². The molecule has 2 aromatic carbocycles. The molecule has 7 heteroatoms. The van der Waals surface area contributed by atoms with Crippen LogP contribution in [0.25, 0.3) is 0 Å². The number of benzene rings is 2. The van der Waals surface area contributed by atoms with Crippen molar-refractivity contribution in [2.75, 3.05) is 18.6 Å². The van der Waals surface area contributed by atoms with E-state index >= 15 is 0 Å². The SMILES string of the molecule is CC(=NOC(C)(C)C)C(C)Oc1ccc(N(C)c2ccc(OCC=C(Cl)Cl)cc2)cc1.